The number of nitrogens with zero attached hydrogens (tertiary/aromatic N) is 3. The summed E-state index contributed by atoms with van der Waals surface area (Å²) in [5.74, 6) is 0. The van der Waals surface area contributed by atoms with Gasteiger partial charge in [0.15, 0.2) is 0 Å². The zero-order chi connectivity index (χ0) is 15.4. The molecule has 21 heavy (non-hydrogen) atoms. The Morgan fingerprint density at radius 2 is 2.00 bits per heavy atom. The molecule has 1 aromatic carbocycles. The molecule has 0 fully saturated rings. The van der Waals surface area contributed by atoms with Crippen LogP contribution >= 0.6 is 0 Å². The number of non-ortho nitro benzene ring substituents is 1. The van der Waals surface area contributed by atoms with Gasteiger partial charge in [-0.1, -0.05) is 0 Å². The van der Waals surface area contributed by atoms with Crippen LogP contribution in [0.15, 0.2) is 24.3 Å². The number of nitro benzene ring substituents is 1. The molecule has 2 aromatic rings. The zero-order valence-corrected chi connectivity index (χ0v) is 12.6. The van der Waals surface area contributed by atoms with Crippen molar-refractivity contribution in [3.05, 3.63) is 51.3 Å². The Morgan fingerprint density at radius 3 is 2.62 bits per heavy atom. The van der Waals surface area contributed by atoms with Crippen molar-refractivity contribution in [3.8, 4) is 0 Å². The normalized spacial score (nSPS) is 10.6. The summed E-state index contributed by atoms with van der Waals surface area (Å²) in [4.78, 5) is 10.5. The van der Waals surface area contributed by atoms with Crippen LogP contribution in [-0.2, 0) is 6.54 Å². The molecule has 0 aliphatic carbocycles. The molecule has 0 spiro atoms. The third-order valence-corrected chi connectivity index (χ3v) is 3.25. The van der Waals surface area contributed by atoms with Gasteiger partial charge in [-0.25, -0.2) is 0 Å². The van der Waals surface area contributed by atoms with Crippen LogP contribution in [0.5, 0.6) is 0 Å². The number of nitrogens with one attached hydrogen (secondary N) is 1. The molecule has 0 radical (unpaired) electrons. The quantitative estimate of drug-likeness (QED) is 0.503. The van der Waals surface area contributed by atoms with Crippen molar-refractivity contribution in [1.82, 2.24) is 9.78 Å². The number of aromatic nitrogens is 2. The Balaban J connectivity index is 1.89. The molecular formula is C15H20N4O2. The minimum Gasteiger partial charge on any atom is -0.385 e. The monoisotopic (exact) mass is 288 g/mol. The molecule has 0 bridgehead atoms. The average molecular weight is 288 g/mol. The smallest absolute Gasteiger partial charge is 0.271 e. The number of nitro groups is 1. The predicted octanol–water partition coefficient (Wildman–Crippen LogP) is 3.22. The Bertz CT molecular complexity index is 649. The fraction of sp³-hybridized carbons (Fsp3) is 0.400. The van der Waals surface area contributed by atoms with E-state index in [1.165, 1.54) is 0 Å². The second-order valence-electron chi connectivity index (χ2n) is 5.24. The Hall–Kier alpha value is -2.37. The highest BCUT2D eigenvalue weighted by Crippen LogP contribution is 2.20. The van der Waals surface area contributed by atoms with Gasteiger partial charge in [-0.15, -0.1) is 0 Å². The Kier molecular flexibility index (Phi) is 4.57. The van der Waals surface area contributed by atoms with Crippen LogP contribution in [0.4, 0.5) is 11.4 Å². The van der Waals surface area contributed by atoms with Gasteiger partial charge in [0.2, 0.25) is 0 Å². The first-order chi connectivity index (χ1) is 9.95. The Morgan fingerprint density at radius 1 is 1.24 bits per heavy atom. The van der Waals surface area contributed by atoms with Crippen molar-refractivity contribution < 1.29 is 4.92 Å². The molecule has 1 N–H and O–H groups in total. The molecule has 0 aliphatic rings. The molecule has 0 aliphatic heterocycles. The summed E-state index contributed by atoms with van der Waals surface area (Å²) in [6, 6.07) is 7.10. The molecule has 2 rings (SSSR count). The lowest BCUT2D eigenvalue weighted by Crippen LogP contribution is -2.09. The fourth-order valence-electron chi connectivity index (χ4n) is 2.33. The van der Waals surface area contributed by atoms with E-state index in [1.54, 1.807) is 12.1 Å². The molecular weight excluding hydrogens is 268 g/mol. The van der Waals surface area contributed by atoms with Gasteiger partial charge in [0, 0.05) is 36.6 Å². The molecule has 6 nitrogen and oxygen atoms in total. The lowest BCUT2D eigenvalue weighted by molar-refractivity contribution is -0.384. The van der Waals surface area contributed by atoms with Gasteiger partial charge in [-0.05, 0) is 44.9 Å². The lowest BCUT2D eigenvalue weighted by atomic mass is 10.2. The summed E-state index contributed by atoms with van der Waals surface area (Å²) in [6.07, 6.45) is 0.906. The molecule has 0 saturated heterocycles. The van der Waals surface area contributed by atoms with Gasteiger partial charge in [0.25, 0.3) is 5.69 Å². The van der Waals surface area contributed by atoms with Crippen molar-refractivity contribution in [2.24, 2.45) is 0 Å². The predicted molar refractivity (Wildman–Crippen MR) is 82.6 cm³/mol. The first kappa shape index (κ1) is 15.0. The summed E-state index contributed by atoms with van der Waals surface area (Å²) >= 11 is 0. The van der Waals surface area contributed by atoms with Crippen LogP contribution in [-0.4, -0.2) is 21.2 Å². The van der Waals surface area contributed by atoms with Gasteiger partial charge in [0.05, 0.1) is 10.6 Å². The SMILES string of the molecule is Cc1cc(NCCCn2nc(C)cc2C)cc([N+](=O)[O-])c1. The highest BCUT2D eigenvalue weighted by molar-refractivity contribution is 5.53. The van der Waals surface area contributed by atoms with Crippen LogP contribution < -0.4 is 5.32 Å². The van der Waals surface area contributed by atoms with Gasteiger partial charge in [0.1, 0.15) is 0 Å². The minimum atomic E-state index is -0.367. The first-order valence-corrected chi connectivity index (χ1v) is 6.97. The standard InChI is InChI=1S/C15H20N4O2/c1-11-7-14(10-15(8-11)19(20)21)16-5-4-6-18-13(3)9-12(2)17-18/h7-10,16H,4-6H2,1-3H3. The maximum atomic E-state index is 10.8. The van der Waals surface area contributed by atoms with Gasteiger partial charge in [-0.3, -0.25) is 14.8 Å². The van der Waals surface area contributed by atoms with Crippen LogP contribution in [0.1, 0.15) is 23.4 Å². The molecule has 0 atom stereocenters. The zero-order valence-electron chi connectivity index (χ0n) is 12.6. The molecule has 1 aromatic heterocycles. The van der Waals surface area contributed by atoms with Crippen molar-refractivity contribution >= 4 is 11.4 Å². The molecule has 6 heteroatoms. The lowest BCUT2D eigenvalue weighted by Gasteiger charge is -2.08. The van der Waals surface area contributed by atoms with Crippen molar-refractivity contribution in [3.63, 3.8) is 0 Å². The van der Waals surface area contributed by atoms with E-state index in [1.807, 2.05) is 31.5 Å². The largest absolute Gasteiger partial charge is 0.385 e. The summed E-state index contributed by atoms with van der Waals surface area (Å²) in [6.45, 7) is 7.46. The van der Waals surface area contributed by atoms with E-state index < -0.39 is 0 Å². The number of anilines is 1. The van der Waals surface area contributed by atoms with E-state index in [9.17, 15) is 10.1 Å². The van der Waals surface area contributed by atoms with Crippen LogP contribution in [0.3, 0.4) is 0 Å². The summed E-state index contributed by atoms with van der Waals surface area (Å²) in [7, 11) is 0. The number of hydrogen-bond acceptors (Lipinski definition) is 4. The second-order valence-corrected chi connectivity index (χ2v) is 5.24. The van der Waals surface area contributed by atoms with Gasteiger partial charge in [-0.2, -0.15) is 5.10 Å². The number of hydrogen-bond donors (Lipinski definition) is 1. The number of aryl methyl sites for hydroxylation is 4. The van der Waals surface area contributed by atoms with Gasteiger partial charge < -0.3 is 5.32 Å². The third-order valence-electron chi connectivity index (χ3n) is 3.25. The second kappa shape index (κ2) is 6.39. The topological polar surface area (TPSA) is 73.0 Å². The highest BCUT2D eigenvalue weighted by Gasteiger charge is 2.07. The van der Waals surface area contributed by atoms with E-state index >= 15 is 0 Å². The van der Waals surface area contributed by atoms with E-state index in [-0.39, 0.29) is 10.6 Å². The molecule has 0 unspecified atom stereocenters. The maximum Gasteiger partial charge on any atom is 0.271 e. The number of rotatable bonds is 6. The molecule has 112 valence electrons. The average Bonchev–Trinajstić information content (AvgIpc) is 2.72. The van der Waals surface area contributed by atoms with Crippen molar-refractivity contribution in [2.75, 3.05) is 11.9 Å². The van der Waals surface area contributed by atoms with E-state index in [0.717, 1.165) is 42.1 Å². The molecule has 0 saturated carbocycles. The van der Waals surface area contributed by atoms with Crippen LogP contribution in [0.25, 0.3) is 0 Å². The maximum absolute atomic E-state index is 10.8. The first-order valence-electron chi connectivity index (χ1n) is 6.97. The minimum absolute atomic E-state index is 0.121. The summed E-state index contributed by atoms with van der Waals surface area (Å²) in [5.41, 5.74) is 3.96. The third kappa shape index (κ3) is 4.05. The van der Waals surface area contributed by atoms with Gasteiger partial charge >= 0.3 is 0 Å². The molecule has 1 heterocycles. The van der Waals surface area contributed by atoms with Crippen LogP contribution in [0.2, 0.25) is 0 Å². The van der Waals surface area contributed by atoms with E-state index in [4.69, 9.17) is 0 Å². The van der Waals surface area contributed by atoms with E-state index in [0.29, 0.717) is 0 Å². The van der Waals surface area contributed by atoms with Crippen molar-refractivity contribution in [1.29, 1.82) is 0 Å². The van der Waals surface area contributed by atoms with Crippen LogP contribution in [0, 0.1) is 30.9 Å². The molecule has 0 amide bonds. The number of benzene rings is 1. The summed E-state index contributed by atoms with van der Waals surface area (Å²) in [5, 5.41) is 18.5. The van der Waals surface area contributed by atoms with E-state index in [2.05, 4.69) is 16.5 Å². The fourth-order valence-corrected chi connectivity index (χ4v) is 2.33. The highest BCUT2D eigenvalue weighted by atomic mass is 16.6. The van der Waals surface area contributed by atoms with Crippen molar-refractivity contribution in [2.45, 2.75) is 33.7 Å². The summed E-state index contributed by atoms with van der Waals surface area (Å²) < 4.78 is 1.98. The Labute approximate surface area is 123 Å².